The number of carbonyl (C=O) groups excluding carboxylic acids is 1. The Morgan fingerprint density at radius 2 is 2.22 bits per heavy atom. The maximum absolute atomic E-state index is 11.4. The van der Waals surface area contributed by atoms with Crippen LogP contribution < -0.4 is 5.32 Å². The van der Waals surface area contributed by atoms with Gasteiger partial charge in [-0.3, -0.25) is 4.79 Å². The van der Waals surface area contributed by atoms with E-state index in [0.29, 0.717) is 17.5 Å². The van der Waals surface area contributed by atoms with Crippen molar-refractivity contribution >= 4 is 17.7 Å². The van der Waals surface area contributed by atoms with Crippen LogP contribution in [-0.4, -0.2) is 34.7 Å². The van der Waals surface area contributed by atoms with Crippen LogP contribution in [0, 0.1) is 6.92 Å². The predicted molar refractivity (Wildman–Crippen MR) is 73.8 cm³/mol. The van der Waals surface area contributed by atoms with Crippen LogP contribution in [0.15, 0.2) is 18.2 Å². The second kappa shape index (κ2) is 7.28. The second-order valence-electron chi connectivity index (χ2n) is 4.11. The summed E-state index contributed by atoms with van der Waals surface area (Å²) >= 11 is 1.61. The molecular formula is C13H19NO3S. The predicted octanol–water partition coefficient (Wildman–Crippen LogP) is 1.60. The largest absolute Gasteiger partial charge is 0.508 e. The molecule has 1 amide bonds. The van der Waals surface area contributed by atoms with Crippen molar-refractivity contribution in [2.75, 3.05) is 18.6 Å². The second-order valence-corrected chi connectivity index (χ2v) is 5.09. The van der Waals surface area contributed by atoms with Crippen LogP contribution in [-0.2, 0) is 4.79 Å². The van der Waals surface area contributed by atoms with Crippen molar-refractivity contribution in [3.8, 4) is 5.75 Å². The van der Waals surface area contributed by atoms with E-state index in [4.69, 9.17) is 0 Å². The van der Waals surface area contributed by atoms with Crippen molar-refractivity contribution < 1.29 is 15.0 Å². The molecule has 0 spiro atoms. The topological polar surface area (TPSA) is 69.6 Å². The molecule has 0 aliphatic rings. The summed E-state index contributed by atoms with van der Waals surface area (Å²) in [5, 5.41) is 22.0. The highest BCUT2D eigenvalue weighted by Crippen LogP contribution is 2.21. The lowest BCUT2D eigenvalue weighted by Gasteiger charge is -2.13. The standard InChI is InChI=1S/C13H19NO3S/c1-9-7-10(3-4-11(9)15)12(16)8-14-13(17)5-6-18-2/h3-4,7,12,15-16H,5-6,8H2,1-2H3,(H,14,17). The molecule has 18 heavy (non-hydrogen) atoms. The monoisotopic (exact) mass is 269 g/mol. The third-order valence-corrected chi connectivity index (χ3v) is 3.24. The molecule has 0 aliphatic heterocycles. The average molecular weight is 269 g/mol. The summed E-state index contributed by atoms with van der Waals surface area (Å²) in [5.41, 5.74) is 1.40. The summed E-state index contributed by atoms with van der Waals surface area (Å²) in [6.45, 7) is 1.96. The lowest BCUT2D eigenvalue weighted by atomic mass is 10.1. The van der Waals surface area contributed by atoms with Gasteiger partial charge in [-0.2, -0.15) is 11.8 Å². The number of aliphatic hydroxyl groups is 1. The molecule has 0 radical (unpaired) electrons. The highest BCUT2D eigenvalue weighted by molar-refractivity contribution is 7.98. The fourth-order valence-electron chi connectivity index (χ4n) is 1.50. The first kappa shape index (κ1) is 14.9. The van der Waals surface area contributed by atoms with Crippen LogP contribution >= 0.6 is 11.8 Å². The molecule has 0 saturated heterocycles. The van der Waals surface area contributed by atoms with Gasteiger partial charge in [-0.1, -0.05) is 6.07 Å². The molecule has 0 saturated carbocycles. The van der Waals surface area contributed by atoms with Crippen LogP contribution in [0.25, 0.3) is 0 Å². The number of rotatable bonds is 6. The number of phenols is 1. The summed E-state index contributed by atoms with van der Waals surface area (Å²) < 4.78 is 0. The van der Waals surface area contributed by atoms with Gasteiger partial charge in [0.15, 0.2) is 0 Å². The summed E-state index contributed by atoms with van der Waals surface area (Å²) in [5.74, 6) is 0.925. The smallest absolute Gasteiger partial charge is 0.220 e. The molecule has 1 aromatic carbocycles. The quantitative estimate of drug-likeness (QED) is 0.734. The number of benzene rings is 1. The van der Waals surface area contributed by atoms with Gasteiger partial charge in [0.05, 0.1) is 6.10 Å². The first-order valence-electron chi connectivity index (χ1n) is 5.77. The van der Waals surface area contributed by atoms with Crippen molar-refractivity contribution in [2.45, 2.75) is 19.4 Å². The van der Waals surface area contributed by atoms with E-state index in [1.165, 1.54) is 0 Å². The molecule has 1 atom stereocenters. The van der Waals surface area contributed by atoms with Gasteiger partial charge in [-0.25, -0.2) is 0 Å². The summed E-state index contributed by atoms with van der Waals surface area (Å²) in [6, 6.07) is 4.92. The van der Waals surface area contributed by atoms with Crippen LogP contribution in [0.2, 0.25) is 0 Å². The molecule has 1 rings (SSSR count). The number of phenolic OH excluding ortho intramolecular Hbond substituents is 1. The fraction of sp³-hybridized carbons (Fsp3) is 0.462. The van der Waals surface area contributed by atoms with E-state index in [1.807, 2.05) is 6.26 Å². The Hall–Kier alpha value is -1.20. The van der Waals surface area contributed by atoms with Gasteiger partial charge in [0.25, 0.3) is 0 Å². The minimum absolute atomic E-state index is 0.0566. The van der Waals surface area contributed by atoms with E-state index in [0.717, 1.165) is 5.75 Å². The third kappa shape index (κ3) is 4.58. The van der Waals surface area contributed by atoms with Gasteiger partial charge in [-0.05, 0) is 36.4 Å². The van der Waals surface area contributed by atoms with Gasteiger partial charge < -0.3 is 15.5 Å². The van der Waals surface area contributed by atoms with Crippen molar-refractivity contribution in [2.24, 2.45) is 0 Å². The van der Waals surface area contributed by atoms with E-state index >= 15 is 0 Å². The van der Waals surface area contributed by atoms with E-state index in [1.54, 1.807) is 36.9 Å². The average Bonchev–Trinajstić information content (AvgIpc) is 2.36. The van der Waals surface area contributed by atoms with Crippen molar-refractivity contribution in [1.82, 2.24) is 5.32 Å². The highest BCUT2D eigenvalue weighted by atomic mass is 32.2. The molecule has 3 N–H and O–H groups in total. The normalized spacial score (nSPS) is 12.2. The molecule has 0 fully saturated rings. The van der Waals surface area contributed by atoms with Crippen molar-refractivity contribution in [3.63, 3.8) is 0 Å². The number of amides is 1. The number of hydrogen-bond donors (Lipinski definition) is 3. The SMILES string of the molecule is CSCCC(=O)NCC(O)c1ccc(O)c(C)c1. The lowest BCUT2D eigenvalue weighted by Crippen LogP contribution is -2.28. The number of aromatic hydroxyl groups is 1. The molecule has 0 bridgehead atoms. The molecule has 5 heteroatoms. The first-order valence-corrected chi connectivity index (χ1v) is 7.17. The zero-order valence-electron chi connectivity index (χ0n) is 10.6. The molecule has 1 aromatic rings. The van der Waals surface area contributed by atoms with E-state index in [-0.39, 0.29) is 18.2 Å². The van der Waals surface area contributed by atoms with Crippen molar-refractivity contribution in [3.05, 3.63) is 29.3 Å². The Balaban J connectivity index is 2.47. The Morgan fingerprint density at radius 3 is 2.83 bits per heavy atom. The molecule has 0 aromatic heterocycles. The Bertz CT molecular complexity index is 409. The number of hydrogen-bond acceptors (Lipinski definition) is 4. The first-order chi connectivity index (χ1) is 8.54. The number of aliphatic hydroxyl groups excluding tert-OH is 1. The van der Waals surface area contributed by atoms with Gasteiger partial charge in [0.1, 0.15) is 5.75 Å². The Morgan fingerprint density at radius 1 is 1.50 bits per heavy atom. The van der Waals surface area contributed by atoms with Crippen LogP contribution in [0.3, 0.4) is 0 Å². The van der Waals surface area contributed by atoms with Crippen LogP contribution in [0.5, 0.6) is 5.75 Å². The van der Waals surface area contributed by atoms with Gasteiger partial charge in [-0.15, -0.1) is 0 Å². The minimum atomic E-state index is -0.748. The zero-order chi connectivity index (χ0) is 13.5. The number of carbonyl (C=O) groups is 1. The van der Waals surface area contributed by atoms with E-state index in [2.05, 4.69) is 5.32 Å². The maximum Gasteiger partial charge on any atom is 0.220 e. The van der Waals surface area contributed by atoms with Crippen molar-refractivity contribution in [1.29, 1.82) is 0 Å². The van der Waals surface area contributed by atoms with Gasteiger partial charge in [0, 0.05) is 18.7 Å². The summed E-state index contributed by atoms with van der Waals surface area (Å²) in [4.78, 5) is 11.4. The molecule has 1 unspecified atom stereocenters. The van der Waals surface area contributed by atoms with E-state index in [9.17, 15) is 15.0 Å². The molecular weight excluding hydrogens is 250 g/mol. The minimum Gasteiger partial charge on any atom is -0.508 e. The highest BCUT2D eigenvalue weighted by Gasteiger charge is 2.10. The van der Waals surface area contributed by atoms with Gasteiger partial charge >= 0.3 is 0 Å². The number of nitrogens with one attached hydrogen (secondary N) is 1. The molecule has 0 aliphatic carbocycles. The van der Waals surface area contributed by atoms with Crippen LogP contribution in [0.4, 0.5) is 0 Å². The molecule has 100 valence electrons. The van der Waals surface area contributed by atoms with E-state index < -0.39 is 6.10 Å². The van der Waals surface area contributed by atoms with Crippen LogP contribution in [0.1, 0.15) is 23.7 Å². The Kier molecular flexibility index (Phi) is 6.01. The number of aryl methyl sites for hydroxylation is 1. The molecule has 4 nitrogen and oxygen atoms in total. The Labute approximate surface area is 111 Å². The fourth-order valence-corrected chi connectivity index (χ4v) is 1.89. The number of thioether (sulfide) groups is 1. The summed E-state index contributed by atoms with van der Waals surface area (Å²) in [7, 11) is 0. The zero-order valence-corrected chi connectivity index (χ0v) is 11.5. The summed E-state index contributed by atoms with van der Waals surface area (Å²) in [6.07, 6.45) is 1.66. The lowest BCUT2D eigenvalue weighted by molar-refractivity contribution is -0.121. The van der Waals surface area contributed by atoms with Gasteiger partial charge in [0.2, 0.25) is 5.91 Å². The third-order valence-electron chi connectivity index (χ3n) is 2.63. The maximum atomic E-state index is 11.4. The molecule has 0 heterocycles.